The predicted molar refractivity (Wildman–Crippen MR) is 117 cm³/mol. The molecule has 2 aromatic carbocycles. The smallest absolute Gasteiger partial charge is 0.353 e. The quantitative estimate of drug-likeness (QED) is 0.475. The Hall–Kier alpha value is -3.72. The van der Waals surface area contributed by atoms with E-state index >= 15 is 0 Å². The highest BCUT2D eigenvalue weighted by molar-refractivity contribution is 5.72. The van der Waals surface area contributed by atoms with Crippen LogP contribution in [0.4, 0.5) is 29.0 Å². The Morgan fingerprint density at radius 2 is 1.60 bits per heavy atom. The van der Waals surface area contributed by atoms with E-state index in [9.17, 15) is 10.1 Å². The summed E-state index contributed by atoms with van der Waals surface area (Å²) in [5, 5.41) is 14.7. The van der Waals surface area contributed by atoms with E-state index in [0.29, 0.717) is 13.1 Å². The Bertz CT molecular complexity index is 1010. The molecule has 9 nitrogen and oxygen atoms in total. The van der Waals surface area contributed by atoms with E-state index in [4.69, 9.17) is 5.73 Å². The normalized spacial score (nSPS) is 14.5. The van der Waals surface area contributed by atoms with Gasteiger partial charge in [-0.3, -0.25) is 15.0 Å². The number of nitrogen functional groups attached to an aromatic ring is 1. The monoisotopic (exact) mass is 405 g/mol. The van der Waals surface area contributed by atoms with Crippen LogP contribution >= 0.6 is 0 Å². The fourth-order valence-corrected chi connectivity index (χ4v) is 3.52. The van der Waals surface area contributed by atoms with E-state index in [0.717, 1.165) is 25.3 Å². The zero-order valence-electron chi connectivity index (χ0n) is 16.4. The molecule has 1 fully saturated rings. The largest absolute Gasteiger partial charge is 0.378 e. The van der Waals surface area contributed by atoms with Crippen molar-refractivity contribution < 1.29 is 4.92 Å². The van der Waals surface area contributed by atoms with Gasteiger partial charge in [0.25, 0.3) is 0 Å². The number of nitrogens with one attached hydrogen (secondary N) is 1. The molecule has 0 spiro atoms. The SMILES string of the molecule is Nc1nc(Nc2ccccc2)nc(N2CCN(Cc3ccccc3)CC2)c1[N+](=O)[O-]. The van der Waals surface area contributed by atoms with Gasteiger partial charge < -0.3 is 16.0 Å². The summed E-state index contributed by atoms with van der Waals surface area (Å²) in [6.45, 7) is 3.64. The van der Waals surface area contributed by atoms with Crippen molar-refractivity contribution in [1.29, 1.82) is 0 Å². The molecule has 1 aliphatic rings. The second kappa shape index (κ2) is 8.75. The summed E-state index contributed by atoms with van der Waals surface area (Å²) in [5.74, 6) is 0.353. The number of rotatable bonds is 6. The van der Waals surface area contributed by atoms with Gasteiger partial charge in [-0.05, 0) is 17.7 Å². The van der Waals surface area contributed by atoms with Crippen molar-refractivity contribution in [3.63, 3.8) is 0 Å². The van der Waals surface area contributed by atoms with Gasteiger partial charge in [0.05, 0.1) is 4.92 Å². The minimum Gasteiger partial charge on any atom is -0.378 e. The Kier molecular flexibility index (Phi) is 5.71. The van der Waals surface area contributed by atoms with Gasteiger partial charge in [0.1, 0.15) is 0 Å². The standard InChI is InChI=1S/C21H23N7O2/c22-19-18(28(29)30)20(25-21(24-19)23-17-9-5-2-6-10-17)27-13-11-26(12-14-27)15-16-7-3-1-4-8-16/h1-10H,11-15H2,(H3,22,23,24,25). The molecule has 0 bridgehead atoms. The Balaban J connectivity index is 1.53. The van der Waals surface area contributed by atoms with Gasteiger partial charge in [-0.25, -0.2) is 0 Å². The molecule has 0 amide bonds. The molecule has 3 aromatic rings. The first kappa shape index (κ1) is 19.6. The molecule has 0 atom stereocenters. The van der Waals surface area contributed by atoms with Crippen molar-refractivity contribution in [1.82, 2.24) is 14.9 Å². The highest BCUT2D eigenvalue weighted by Crippen LogP contribution is 2.33. The van der Waals surface area contributed by atoms with Crippen LogP contribution < -0.4 is 16.0 Å². The van der Waals surface area contributed by atoms with Crippen molar-refractivity contribution in [3.8, 4) is 0 Å². The zero-order chi connectivity index (χ0) is 20.9. The first-order valence-electron chi connectivity index (χ1n) is 9.75. The molecule has 0 unspecified atom stereocenters. The van der Waals surface area contributed by atoms with Crippen molar-refractivity contribution in [2.45, 2.75) is 6.54 Å². The molecule has 4 rings (SSSR count). The first-order chi connectivity index (χ1) is 14.6. The van der Waals surface area contributed by atoms with E-state index in [1.165, 1.54) is 5.56 Å². The van der Waals surface area contributed by atoms with Gasteiger partial charge in [-0.1, -0.05) is 48.5 Å². The Morgan fingerprint density at radius 1 is 0.967 bits per heavy atom. The van der Waals surface area contributed by atoms with Crippen LogP contribution in [0, 0.1) is 10.1 Å². The number of nitro groups is 1. The van der Waals surface area contributed by atoms with Crippen LogP contribution in [0.15, 0.2) is 60.7 Å². The molecular formula is C21H23N7O2. The summed E-state index contributed by atoms with van der Waals surface area (Å²) in [6, 6.07) is 19.6. The van der Waals surface area contributed by atoms with Crippen LogP contribution in [0.5, 0.6) is 0 Å². The number of hydrogen-bond acceptors (Lipinski definition) is 8. The van der Waals surface area contributed by atoms with Gasteiger partial charge in [0.15, 0.2) is 0 Å². The fourth-order valence-electron chi connectivity index (χ4n) is 3.52. The minimum atomic E-state index is -0.507. The van der Waals surface area contributed by atoms with E-state index in [1.807, 2.05) is 53.4 Å². The maximum atomic E-state index is 11.6. The van der Waals surface area contributed by atoms with Crippen LogP contribution in [-0.4, -0.2) is 46.0 Å². The molecule has 0 aliphatic carbocycles. The Morgan fingerprint density at radius 3 is 2.23 bits per heavy atom. The molecule has 0 saturated carbocycles. The molecule has 1 saturated heterocycles. The second-order valence-corrected chi connectivity index (χ2v) is 7.10. The van der Waals surface area contributed by atoms with Crippen LogP contribution in [0.1, 0.15) is 5.56 Å². The number of benzene rings is 2. The maximum Gasteiger partial charge on any atom is 0.353 e. The van der Waals surface area contributed by atoms with Crippen LogP contribution in [0.2, 0.25) is 0 Å². The first-order valence-corrected chi connectivity index (χ1v) is 9.75. The number of anilines is 4. The Labute approximate surface area is 174 Å². The molecule has 30 heavy (non-hydrogen) atoms. The molecule has 0 radical (unpaired) electrons. The van der Waals surface area contributed by atoms with Crippen molar-refractivity contribution in [2.75, 3.05) is 42.1 Å². The van der Waals surface area contributed by atoms with E-state index in [-0.39, 0.29) is 23.3 Å². The van der Waals surface area contributed by atoms with Gasteiger partial charge in [-0.15, -0.1) is 0 Å². The van der Waals surface area contributed by atoms with Crippen molar-refractivity contribution in [3.05, 3.63) is 76.3 Å². The third kappa shape index (κ3) is 4.47. The number of piperazine rings is 1. The molecule has 1 aromatic heterocycles. The summed E-state index contributed by atoms with van der Waals surface area (Å²) in [4.78, 5) is 23.9. The fraction of sp³-hybridized carbons (Fsp3) is 0.238. The lowest BCUT2D eigenvalue weighted by atomic mass is 10.2. The van der Waals surface area contributed by atoms with Crippen LogP contribution in [0.3, 0.4) is 0 Å². The zero-order valence-corrected chi connectivity index (χ0v) is 16.4. The molecule has 3 N–H and O–H groups in total. The van der Waals surface area contributed by atoms with Gasteiger partial charge in [0.2, 0.25) is 17.6 Å². The molecular weight excluding hydrogens is 382 g/mol. The summed E-state index contributed by atoms with van der Waals surface area (Å²) in [5.41, 5.74) is 7.73. The molecule has 2 heterocycles. The number of aromatic nitrogens is 2. The van der Waals surface area contributed by atoms with Gasteiger partial charge >= 0.3 is 5.69 Å². The summed E-state index contributed by atoms with van der Waals surface area (Å²) < 4.78 is 0. The highest BCUT2D eigenvalue weighted by atomic mass is 16.6. The number of hydrogen-bond donors (Lipinski definition) is 2. The average molecular weight is 405 g/mol. The third-order valence-corrected chi connectivity index (χ3v) is 5.03. The minimum absolute atomic E-state index is 0.143. The summed E-state index contributed by atoms with van der Waals surface area (Å²) in [7, 11) is 0. The van der Waals surface area contributed by atoms with E-state index in [2.05, 4.69) is 32.3 Å². The van der Waals surface area contributed by atoms with E-state index < -0.39 is 4.92 Å². The summed E-state index contributed by atoms with van der Waals surface area (Å²) in [6.07, 6.45) is 0. The van der Waals surface area contributed by atoms with Crippen LogP contribution in [-0.2, 0) is 6.54 Å². The third-order valence-electron chi connectivity index (χ3n) is 5.03. The maximum absolute atomic E-state index is 11.6. The van der Waals surface area contributed by atoms with E-state index in [1.54, 1.807) is 0 Å². The van der Waals surface area contributed by atoms with Gasteiger partial charge in [-0.2, -0.15) is 9.97 Å². The molecule has 154 valence electrons. The highest BCUT2D eigenvalue weighted by Gasteiger charge is 2.29. The lowest BCUT2D eigenvalue weighted by Crippen LogP contribution is -2.46. The topological polar surface area (TPSA) is 113 Å². The van der Waals surface area contributed by atoms with Crippen molar-refractivity contribution in [2.24, 2.45) is 0 Å². The van der Waals surface area contributed by atoms with Gasteiger partial charge in [0, 0.05) is 38.4 Å². The lowest BCUT2D eigenvalue weighted by molar-refractivity contribution is -0.383. The van der Waals surface area contributed by atoms with Crippen LogP contribution in [0.25, 0.3) is 0 Å². The number of nitrogens with zero attached hydrogens (tertiary/aromatic N) is 5. The molecule has 9 heteroatoms. The lowest BCUT2D eigenvalue weighted by Gasteiger charge is -2.35. The second-order valence-electron chi connectivity index (χ2n) is 7.10. The number of para-hydroxylation sites is 1. The number of nitrogens with two attached hydrogens (primary N) is 1. The summed E-state index contributed by atoms with van der Waals surface area (Å²) >= 11 is 0. The molecule has 1 aliphatic heterocycles. The van der Waals surface area contributed by atoms with Crippen molar-refractivity contribution >= 4 is 29.0 Å². The average Bonchev–Trinajstić information content (AvgIpc) is 2.75. The predicted octanol–water partition coefficient (Wildman–Crippen LogP) is 3.03.